The first-order valence-corrected chi connectivity index (χ1v) is 6.91. The van der Waals surface area contributed by atoms with Gasteiger partial charge in [0.15, 0.2) is 12.4 Å². The Morgan fingerprint density at radius 2 is 1.91 bits per heavy atom. The minimum absolute atomic E-state index is 0.262. The molecule has 0 amide bonds. The third kappa shape index (κ3) is 2.69. The highest BCUT2D eigenvalue weighted by molar-refractivity contribution is 5.31. The second-order valence-electron chi connectivity index (χ2n) is 5.03. The fourth-order valence-electron chi connectivity index (χ4n) is 2.76. The maximum atomic E-state index is 8.73. The van der Waals surface area contributed by atoms with Crippen LogP contribution in [0.4, 0.5) is 0 Å². The molecule has 0 aromatic heterocycles. The zero-order valence-electron chi connectivity index (χ0n) is 12.3. The first-order chi connectivity index (χ1) is 10.8. The lowest BCUT2D eigenvalue weighted by molar-refractivity contribution is -0.178. The van der Waals surface area contributed by atoms with Crippen molar-refractivity contribution in [1.29, 1.82) is 0 Å². The quantitative estimate of drug-likeness (QED) is 0.470. The summed E-state index contributed by atoms with van der Waals surface area (Å²) in [7, 11) is 3.16. The van der Waals surface area contributed by atoms with Crippen LogP contribution in [0.15, 0.2) is 29.4 Å². The molecule has 2 fully saturated rings. The third-order valence-corrected chi connectivity index (χ3v) is 3.83. The lowest BCUT2D eigenvalue weighted by Gasteiger charge is -2.38. The molecule has 0 radical (unpaired) electrons. The predicted molar refractivity (Wildman–Crippen MR) is 75.8 cm³/mol. The number of fused-ring (bicyclic) bond motifs is 2. The van der Waals surface area contributed by atoms with Crippen LogP contribution in [0.3, 0.4) is 0 Å². The highest BCUT2D eigenvalue weighted by Gasteiger charge is 2.52. The van der Waals surface area contributed by atoms with Crippen molar-refractivity contribution >= 4 is 0 Å². The molecule has 1 aromatic rings. The van der Waals surface area contributed by atoms with E-state index in [0.29, 0.717) is 12.4 Å². The van der Waals surface area contributed by atoms with Gasteiger partial charge in [0.25, 0.3) is 0 Å². The molecular weight excluding hydrogens is 290 g/mol. The topological polar surface area (TPSA) is 94.9 Å². The van der Waals surface area contributed by atoms with Crippen LogP contribution in [0.5, 0.6) is 11.5 Å². The van der Waals surface area contributed by atoms with Crippen molar-refractivity contribution in [1.82, 2.24) is 0 Å². The molecule has 0 unspecified atom stereocenters. The average Bonchev–Trinajstić information content (AvgIpc) is 2.99. The Labute approximate surface area is 127 Å². The van der Waals surface area contributed by atoms with Crippen molar-refractivity contribution in [3.63, 3.8) is 0 Å². The molecule has 0 N–H and O–H groups in total. The summed E-state index contributed by atoms with van der Waals surface area (Å²) in [6.45, 7) is 0.378. The molecule has 8 heteroatoms. The fourth-order valence-corrected chi connectivity index (χ4v) is 2.76. The van der Waals surface area contributed by atoms with Gasteiger partial charge in [-0.2, -0.15) is 0 Å². The Morgan fingerprint density at radius 3 is 2.55 bits per heavy atom. The molecule has 2 saturated heterocycles. The van der Waals surface area contributed by atoms with Crippen molar-refractivity contribution in [3.8, 4) is 11.5 Å². The summed E-state index contributed by atoms with van der Waals surface area (Å²) in [4.78, 5) is 2.85. The number of hydrogen-bond acceptors (Lipinski definition) is 6. The first-order valence-electron chi connectivity index (χ1n) is 6.91. The molecule has 3 rings (SSSR count). The van der Waals surface area contributed by atoms with Gasteiger partial charge in [0, 0.05) is 12.0 Å². The number of rotatable bonds is 5. The zero-order chi connectivity index (χ0) is 15.5. The lowest BCUT2D eigenvalue weighted by atomic mass is 9.99. The Hall–Kier alpha value is -1.99. The van der Waals surface area contributed by atoms with E-state index in [1.54, 1.807) is 38.5 Å². The van der Waals surface area contributed by atoms with Gasteiger partial charge in [-0.1, -0.05) is 5.11 Å². The number of methoxy groups -OCH3 is 2. The van der Waals surface area contributed by atoms with Gasteiger partial charge in [-0.25, -0.2) is 0 Å². The molecule has 5 atom stereocenters. The Bertz CT molecular complexity index is 560. The largest absolute Gasteiger partial charge is 0.497 e. The monoisotopic (exact) mass is 307 g/mol. The SMILES string of the molecule is COc1ccc(O[C@H]2[C@H](OC)[C@H](N=[N+]=[N-])[C@@H]3OC[C@H]2O3)cc1. The van der Waals surface area contributed by atoms with E-state index in [1.165, 1.54) is 0 Å². The maximum Gasteiger partial charge on any atom is 0.169 e. The standard InChI is InChI=1S/C14H17N3O5/c1-18-8-3-5-9(6-4-8)21-12-10-7-20-14(22-10)11(16-17-15)13(12)19-2/h3-6,10-14H,7H2,1-2H3/t10-,11+,12-,13-,14-/m1/s1. The summed E-state index contributed by atoms with van der Waals surface area (Å²) in [5.41, 5.74) is 8.73. The van der Waals surface area contributed by atoms with Gasteiger partial charge in [-0.15, -0.1) is 0 Å². The molecule has 1 aromatic carbocycles. The van der Waals surface area contributed by atoms with Gasteiger partial charge >= 0.3 is 0 Å². The van der Waals surface area contributed by atoms with Crippen LogP contribution < -0.4 is 9.47 Å². The smallest absolute Gasteiger partial charge is 0.169 e. The van der Waals surface area contributed by atoms with Gasteiger partial charge < -0.3 is 23.7 Å². The summed E-state index contributed by atoms with van der Waals surface area (Å²) in [6, 6.07) is 6.63. The second-order valence-corrected chi connectivity index (χ2v) is 5.03. The average molecular weight is 307 g/mol. The number of hydrogen-bond donors (Lipinski definition) is 0. The third-order valence-electron chi connectivity index (χ3n) is 3.83. The molecule has 2 heterocycles. The molecule has 0 spiro atoms. The molecule has 0 aliphatic carbocycles. The van der Waals surface area contributed by atoms with Crippen molar-refractivity contribution in [3.05, 3.63) is 34.7 Å². The van der Waals surface area contributed by atoms with E-state index in [4.69, 9.17) is 29.2 Å². The molecule has 2 aliphatic rings. The number of ether oxygens (including phenoxy) is 5. The predicted octanol–water partition coefficient (Wildman–Crippen LogP) is 1.89. The highest BCUT2D eigenvalue weighted by atomic mass is 16.7. The van der Waals surface area contributed by atoms with Crippen molar-refractivity contribution in [2.75, 3.05) is 20.8 Å². The van der Waals surface area contributed by atoms with Crippen LogP contribution in [0.25, 0.3) is 10.4 Å². The summed E-state index contributed by atoms with van der Waals surface area (Å²) >= 11 is 0. The van der Waals surface area contributed by atoms with Gasteiger partial charge in [0.05, 0.1) is 13.7 Å². The lowest BCUT2D eigenvalue weighted by Crippen LogP contribution is -2.56. The van der Waals surface area contributed by atoms with Gasteiger partial charge in [0.1, 0.15) is 29.7 Å². The summed E-state index contributed by atoms with van der Waals surface area (Å²) in [5.74, 6) is 1.40. The van der Waals surface area contributed by atoms with Crippen LogP contribution in [-0.2, 0) is 14.2 Å². The van der Waals surface area contributed by atoms with E-state index in [1.807, 2.05) is 0 Å². The zero-order valence-corrected chi connectivity index (χ0v) is 12.3. The van der Waals surface area contributed by atoms with E-state index in [0.717, 1.165) is 5.75 Å². The summed E-state index contributed by atoms with van der Waals surface area (Å²) in [6.07, 6.45) is -1.71. The first kappa shape index (κ1) is 14.9. The van der Waals surface area contributed by atoms with Crippen LogP contribution >= 0.6 is 0 Å². The normalized spacial score (nSPS) is 33.1. The molecule has 2 aliphatic heterocycles. The van der Waals surface area contributed by atoms with Crippen LogP contribution in [0, 0.1) is 0 Å². The van der Waals surface area contributed by atoms with Crippen molar-refractivity contribution in [2.45, 2.75) is 30.6 Å². The van der Waals surface area contributed by atoms with Crippen LogP contribution in [0.1, 0.15) is 0 Å². The molecule has 0 saturated carbocycles. The van der Waals surface area contributed by atoms with E-state index < -0.39 is 24.5 Å². The molecule has 118 valence electrons. The number of azide groups is 1. The minimum atomic E-state index is -0.586. The number of nitrogens with zero attached hydrogens (tertiary/aromatic N) is 3. The Morgan fingerprint density at radius 1 is 1.18 bits per heavy atom. The molecule has 22 heavy (non-hydrogen) atoms. The Kier molecular flexibility index (Phi) is 4.35. The molecule has 8 nitrogen and oxygen atoms in total. The van der Waals surface area contributed by atoms with Gasteiger partial charge in [-0.05, 0) is 29.8 Å². The highest BCUT2D eigenvalue weighted by Crippen LogP contribution is 2.34. The van der Waals surface area contributed by atoms with Gasteiger partial charge in [-0.3, -0.25) is 0 Å². The number of benzene rings is 1. The van der Waals surface area contributed by atoms with E-state index in [-0.39, 0.29) is 6.10 Å². The molecular formula is C14H17N3O5. The van der Waals surface area contributed by atoms with Crippen LogP contribution in [-0.4, -0.2) is 51.5 Å². The Balaban J connectivity index is 1.81. The summed E-state index contributed by atoms with van der Waals surface area (Å²) < 4.78 is 27.8. The second kappa shape index (κ2) is 6.41. The van der Waals surface area contributed by atoms with E-state index in [9.17, 15) is 0 Å². The molecule has 2 bridgehead atoms. The van der Waals surface area contributed by atoms with E-state index in [2.05, 4.69) is 10.0 Å². The maximum absolute atomic E-state index is 8.73. The summed E-state index contributed by atoms with van der Waals surface area (Å²) in [5, 5.41) is 3.74. The minimum Gasteiger partial charge on any atom is -0.497 e. The van der Waals surface area contributed by atoms with Crippen molar-refractivity contribution < 1.29 is 23.7 Å². The van der Waals surface area contributed by atoms with Crippen LogP contribution in [0.2, 0.25) is 0 Å². The van der Waals surface area contributed by atoms with E-state index >= 15 is 0 Å². The van der Waals surface area contributed by atoms with Gasteiger partial charge in [0.2, 0.25) is 0 Å². The fraction of sp³-hybridized carbons (Fsp3) is 0.571. The van der Waals surface area contributed by atoms with Crippen molar-refractivity contribution in [2.24, 2.45) is 5.11 Å².